The third kappa shape index (κ3) is 1.90. The first-order chi connectivity index (χ1) is 10.7. The highest BCUT2D eigenvalue weighted by Gasteiger charge is 2.16. The zero-order valence-electron chi connectivity index (χ0n) is 11.6. The second-order valence-electron chi connectivity index (χ2n) is 5.01. The molecule has 0 saturated carbocycles. The van der Waals surface area contributed by atoms with E-state index in [1.807, 2.05) is 52.4 Å². The Morgan fingerprint density at radius 2 is 2.05 bits per heavy atom. The highest BCUT2D eigenvalue weighted by atomic mass is 127. The number of aryl methyl sites for hydroxylation is 1. The van der Waals surface area contributed by atoms with Crippen LogP contribution in [0.1, 0.15) is 0 Å². The van der Waals surface area contributed by atoms with Crippen molar-refractivity contribution < 1.29 is 4.39 Å². The molecule has 0 aliphatic heterocycles. The van der Waals surface area contributed by atoms with Crippen molar-refractivity contribution in [3.05, 3.63) is 52.4 Å². The topological polar surface area (TPSA) is 43.6 Å². The predicted octanol–water partition coefficient (Wildman–Crippen LogP) is 3.93. The fourth-order valence-electron chi connectivity index (χ4n) is 2.65. The molecule has 0 amide bonds. The molecule has 4 aromatic rings. The van der Waals surface area contributed by atoms with Gasteiger partial charge in [0, 0.05) is 35.8 Å². The third-order valence-corrected chi connectivity index (χ3v) is 4.80. The molecule has 108 valence electrons. The third-order valence-electron chi connectivity index (χ3n) is 3.74. The lowest BCUT2D eigenvalue weighted by Crippen LogP contribution is -1.92. The van der Waals surface area contributed by atoms with Gasteiger partial charge in [-0.15, -0.1) is 0 Å². The summed E-state index contributed by atoms with van der Waals surface area (Å²) in [5, 5.41) is 1.77. The maximum absolute atomic E-state index is 13.9. The van der Waals surface area contributed by atoms with E-state index in [1.165, 1.54) is 6.20 Å². The van der Waals surface area contributed by atoms with Gasteiger partial charge in [-0.25, -0.2) is 9.37 Å². The molecule has 0 N–H and O–H groups in total. The van der Waals surface area contributed by atoms with Gasteiger partial charge in [0.05, 0.1) is 27.2 Å². The van der Waals surface area contributed by atoms with E-state index in [9.17, 15) is 4.39 Å². The van der Waals surface area contributed by atoms with Gasteiger partial charge in [-0.3, -0.25) is 9.97 Å². The largest absolute Gasteiger partial charge is 0.327 e. The van der Waals surface area contributed by atoms with Crippen LogP contribution < -0.4 is 0 Å². The van der Waals surface area contributed by atoms with Crippen LogP contribution in [0.2, 0.25) is 0 Å². The van der Waals surface area contributed by atoms with Gasteiger partial charge >= 0.3 is 0 Å². The normalized spacial score (nSPS) is 11.4. The van der Waals surface area contributed by atoms with Crippen molar-refractivity contribution in [2.24, 2.45) is 7.05 Å². The van der Waals surface area contributed by atoms with Gasteiger partial charge in [0.1, 0.15) is 5.65 Å². The van der Waals surface area contributed by atoms with E-state index in [1.54, 1.807) is 18.6 Å². The molecule has 0 atom stereocenters. The molecule has 0 radical (unpaired) electrons. The molecule has 4 nitrogen and oxygen atoms in total. The number of nitrogens with zero attached hydrogens (tertiary/aromatic N) is 4. The van der Waals surface area contributed by atoms with E-state index >= 15 is 0 Å². The Morgan fingerprint density at radius 1 is 1.18 bits per heavy atom. The van der Waals surface area contributed by atoms with Gasteiger partial charge < -0.3 is 4.57 Å². The lowest BCUT2D eigenvalue weighted by molar-refractivity contribution is 0.617. The van der Waals surface area contributed by atoms with Gasteiger partial charge in [-0.2, -0.15) is 0 Å². The monoisotopic (exact) mass is 404 g/mol. The van der Waals surface area contributed by atoms with E-state index in [-0.39, 0.29) is 5.82 Å². The van der Waals surface area contributed by atoms with Crippen LogP contribution in [-0.4, -0.2) is 19.5 Å². The van der Waals surface area contributed by atoms with Crippen LogP contribution in [0.4, 0.5) is 4.39 Å². The van der Waals surface area contributed by atoms with E-state index in [4.69, 9.17) is 0 Å². The zero-order chi connectivity index (χ0) is 15.3. The summed E-state index contributed by atoms with van der Waals surface area (Å²) in [4.78, 5) is 12.8. The van der Waals surface area contributed by atoms with E-state index in [0.29, 0.717) is 3.57 Å². The number of hydrogen-bond acceptors (Lipinski definition) is 3. The van der Waals surface area contributed by atoms with Crippen molar-refractivity contribution in [3.63, 3.8) is 0 Å². The Balaban J connectivity index is 2.11. The van der Waals surface area contributed by atoms with Crippen molar-refractivity contribution in [2.45, 2.75) is 0 Å². The standard InChI is InChI=1S/C16H10FIN4/c1-22-13-8-20-12(9-3-2-4-19-6-9)5-10(13)14-15(18)11(17)7-21-16(14)22/h2-8H,1H3. The summed E-state index contributed by atoms with van der Waals surface area (Å²) >= 11 is 2.03. The first-order valence-electron chi connectivity index (χ1n) is 6.65. The molecule has 0 bridgehead atoms. The summed E-state index contributed by atoms with van der Waals surface area (Å²) < 4.78 is 16.4. The van der Waals surface area contributed by atoms with Crippen molar-refractivity contribution in [3.8, 4) is 11.3 Å². The molecule has 0 unspecified atom stereocenters. The maximum Gasteiger partial charge on any atom is 0.155 e. The minimum Gasteiger partial charge on any atom is -0.327 e. The summed E-state index contributed by atoms with van der Waals surface area (Å²) in [5.74, 6) is -0.305. The fraction of sp³-hybridized carbons (Fsp3) is 0.0625. The Kier molecular flexibility index (Phi) is 3.07. The molecule has 6 heteroatoms. The van der Waals surface area contributed by atoms with Crippen LogP contribution >= 0.6 is 22.6 Å². The summed E-state index contributed by atoms with van der Waals surface area (Å²) in [7, 11) is 1.91. The zero-order valence-corrected chi connectivity index (χ0v) is 13.7. The lowest BCUT2D eigenvalue weighted by atomic mass is 10.1. The van der Waals surface area contributed by atoms with Gasteiger partial charge in [0.2, 0.25) is 0 Å². The molecule has 0 saturated heterocycles. The lowest BCUT2D eigenvalue weighted by Gasteiger charge is -2.01. The summed E-state index contributed by atoms with van der Waals surface area (Å²) in [6.45, 7) is 0. The van der Waals surface area contributed by atoms with Crippen molar-refractivity contribution in [1.82, 2.24) is 19.5 Å². The number of fused-ring (bicyclic) bond motifs is 3. The summed E-state index contributed by atoms with van der Waals surface area (Å²) in [6, 6.07) is 5.79. The van der Waals surface area contributed by atoms with E-state index in [0.717, 1.165) is 33.2 Å². The highest BCUT2D eigenvalue weighted by Crippen LogP contribution is 2.33. The number of pyridine rings is 3. The van der Waals surface area contributed by atoms with Crippen LogP contribution in [0.25, 0.3) is 33.2 Å². The second-order valence-corrected chi connectivity index (χ2v) is 6.08. The molecule has 0 spiro atoms. The summed E-state index contributed by atoms with van der Waals surface area (Å²) in [6.07, 6.45) is 6.55. The number of halogens is 2. The molecule has 4 aromatic heterocycles. The molecule has 4 heterocycles. The van der Waals surface area contributed by atoms with Crippen LogP contribution in [-0.2, 0) is 7.05 Å². The van der Waals surface area contributed by atoms with Crippen molar-refractivity contribution in [1.29, 1.82) is 0 Å². The molecule has 0 aliphatic rings. The first kappa shape index (κ1) is 13.6. The first-order valence-corrected chi connectivity index (χ1v) is 7.73. The number of hydrogen-bond donors (Lipinski definition) is 0. The smallest absolute Gasteiger partial charge is 0.155 e. The average molecular weight is 404 g/mol. The SMILES string of the molecule is Cn1c2cnc(-c3cccnc3)cc2c2c(I)c(F)cnc21. The molecular formula is C16H10FIN4. The molecule has 0 aliphatic carbocycles. The quantitative estimate of drug-likeness (QED) is 0.452. The number of aromatic nitrogens is 4. The minimum atomic E-state index is -0.305. The Hall–Kier alpha value is -2.09. The van der Waals surface area contributed by atoms with Crippen LogP contribution in [0, 0.1) is 9.39 Å². The molecule has 0 fully saturated rings. The minimum absolute atomic E-state index is 0.305. The van der Waals surface area contributed by atoms with Gasteiger partial charge in [0.15, 0.2) is 5.82 Å². The van der Waals surface area contributed by atoms with Crippen LogP contribution in [0.3, 0.4) is 0 Å². The second kappa shape index (κ2) is 4.98. The van der Waals surface area contributed by atoms with Gasteiger partial charge in [-0.05, 0) is 40.8 Å². The Bertz CT molecular complexity index is 1010. The average Bonchev–Trinajstić information content (AvgIpc) is 2.84. The molecule has 0 aromatic carbocycles. The number of rotatable bonds is 1. The fourth-order valence-corrected chi connectivity index (χ4v) is 3.32. The molecule has 4 rings (SSSR count). The van der Waals surface area contributed by atoms with Gasteiger partial charge in [0.25, 0.3) is 0 Å². The predicted molar refractivity (Wildman–Crippen MR) is 91.9 cm³/mol. The van der Waals surface area contributed by atoms with Crippen molar-refractivity contribution in [2.75, 3.05) is 0 Å². The Labute approximate surface area is 139 Å². The van der Waals surface area contributed by atoms with Crippen LogP contribution in [0.5, 0.6) is 0 Å². The molecule has 22 heavy (non-hydrogen) atoms. The molecular weight excluding hydrogens is 394 g/mol. The Morgan fingerprint density at radius 3 is 2.82 bits per heavy atom. The highest BCUT2D eigenvalue weighted by molar-refractivity contribution is 14.1. The van der Waals surface area contributed by atoms with Gasteiger partial charge in [-0.1, -0.05) is 0 Å². The van der Waals surface area contributed by atoms with Crippen molar-refractivity contribution >= 4 is 44.5 Å². The van der Waals surface area contributed by atoms with E-state index in [2.05, 4.69) is 15.0 Å². The summed E-state index contributed by atoms with van der Waals surface area (Å²) in [5.41, 5.74) is 3.43. The maximum atomic E-state index is 13.9. The van der Waals surface area contributed by atoms with E-state index < -0.39 is 0 Å². The van der Waals surface area contributed by atoms with Crippen LogP contribution in [0.15, 0.2) is 43.0 Å².